The summed E-state index contributed by atoms with van der Waals surface area (Å²) in [6.07, 6.45) is 1.73. The molecule has 0 atom stereocenters. The van der Waals surface area contributed by atoms with E-state index in [1.54, 1.807) is 0 Å². The van der Waals surface area contributed by atoms with Crippen LogP contribution in [0.3, 0.4) is 0 Å². The van der Waals surface area contributed by atoms with Crippen molar-refractivity contribution in [3.8, 4) is 0 Å². The van der Waals surface area contributed by atoms with E-state index < -0.39 is 0 Å². The van der Waals surface area contributed by atoms with Gasteiger partial charge in [0.25, 0.3) is 0 Å². The van der Waals surface area contributed by atoms with E-state index in [4.69, 9.17) is 0 Å². The minimum atomic E-state index is 0.173. The third-order valence-electron chi connectivity index (χ3n) is 1.26. The van der Waals surface area contributed by atoms with Gasteiger partial charge in [-0.05, 0) is 6.42 Å². The Morgan fingerprint density at radius 1 is 1.40 bits per heavy atom. The van der Waals surface area contributed by atoms with Crippen molar-refractivity contribution >= 4 is 13.0 Å². The van der Waals surface area contributed by atoms with E-state index in [9.17, 15) is 4.79 Å². The number of hydrogen-bond donors (Lipinski definition) is 0. The molecule has 0 N–H and O–H groups in total. The molecule has 0 radical (unpaired) electrons. The van der Waals surface area contributed by atoms with Gasteiger partial charge in [-0.25, -0.2) is 0 Å². The molecule has 58 valence electrons. The van der Waals surface area contributed by atoms with Gasteiger partial charge in [-0.15, -0.1) is 0 Å². The van der Waals surface area contributed by atoms with Gasteiger partial charge < -0.3 is 4.79 Å². The molecule has 0 saturated carbocycles. The van der Waals surface area contributed by atoms with E-state index in [1.165, 1.54) is 0 Å². The first-order chi connectivity index (χ1) is 4.45. The second-order valence-electron chi connectivity index (χ2n) is 4.03. The van der Waals surface area contributed by atoms with Crippen molar-refractivity contribution in [3.05, 3.63) is 0 Å². The smallest absolute Gasteiger partial charge is 0.210 e. The van der Waals surface area contributed by atoms with Crippen LogP contribution in [0.5, 0.6) is 0 Å². The van der Waals surface area contributed by atoms with Crippen LogP contribution in [-0.4, -0.2) is 13.0 Å². The Kier molecular flexibility index (Phi) is 3.69. The summed E-state index contributed by atoms with van der Waals surface area (Å²) in [5.74, 6) is 0. The molecule has 0 saturated heterocycles. The van der Waals surface area contributed by atoms with Crippen LogP contribution >= 0.6 is 0 Å². The molecule has 10 heavy (non-hydrogen) atoms. The molecule has 2 heteroatoms. The number of carbonyl (C=O) groups is 1. The Balaban J connectivity index is 3.58. The monoisotopic (exact) mass is 140 g/mol. The molecule has 0 aliphatic heterocycles. The fraction of sp³-hybridized carbons (Fsp3) is 0.875. The quantitative estimate of drug-likeness (QED) is 0.547. The zero-order valence-electron chi connectivity index (χ0n) is 7.53. The maximum absolute atomic E-state index is 11.1. The molecule has 0 aliphatic rings. The van der Waals surface area contributed by atoms with Crippen LogP contribution in [0.25, 0.3) is 0 Å². The molecule has 0 aliphatic carbocycles. The van der Waals surface area contributed by atoms with Gasteiger partial charge in [-0.2, -0.15) is 0 Å². The molecule has 0 aromatic rings. The topological polar surface area (TPSA) is 17.1 Å². The second kappa shape index (κ2) is 3.79. The Morgan fingerprint density at radius 2 is 1.90 bits per heavy atom. The van der Waals surface area contributed by atoms with Crippen molar-refractivity contribution in [1.82, 2.24) is 0 Å². The third-order valence-corrected chi connectivity index (χ3v) is 1.26. The standard InChI is InChI=1S/C8H17BO/c1-5-6-7(10)9-8(2,3)4/h9H,5-6H2,1-4H3. The SMILES string of the molecule is CCCC(=O)BC(C)(C)C. The molecule has 0 spiro atoms. The number of carbonyl (C=O) groups excluding carboxylic acids is 1. The molecule has 1 nitrogen and oxygen atoms in total. The second-order valence-corrected chi connectivity index (χ2v) is 4.03. The van der Waals surface area contributed by atoms with Crippen LogP contribution in [0.2, 0.25) is 5.31 Å². The summed E-state index contributed by atoms with van der Waals surface area (Å²) in [5, 5.41) is 0.173. The summed E-state index contributed by atoms with van der Waals surface area (Å²) in [7, 11) is 0.723. The van der Waals surface area contributed by atoms with Gasteiger partial charge in [0.1, 0.15) is 0 Å². The minimum absolute atomic E-state index is 0.173. The Labute approximate surface area is 64.4 Å². The van der Waals surface area contributed by atoms with Crippen LogP contribution < -0.4 is 0 Å². The van der Waals surface area contributed by atoms with Crippen molar-refractivity contribution in [3.63, 3.8) is 0 Å². The molecule has 0 unspecified atom stereocenters. The molecule has 0 amide bonds. The van der Waals surface area contributed by atoms with Crippen LogP contribution in [0.15, 0.2) is 0 Å². The number of hydrogen-bond acceptors (Lipinski definition) is 1. The fourth-order valence-corrected chi connectivity index (χ4v) is 0.959. The zero-order valence-corrected chi connectivity index (χ0v) is 7.53. The highest BCUT2D eigenvalue weighted by Gasteiger charge is 2.17. The van der Waals surface area contributed by atoms with Gasteiger partial charge in [0.2, 0.25) is 7.28 Å². The molecular formula is C8H17BO. The predicted octanol–water partition coefficient (Wildman–Crippen LogP) is 1.97. The van der Waals surface area contributed by atoms with Crippen LogP contribution in [0.1, 0.15) is 40.5 Å². The summed E-state index contributed by atoms with van der Waals surface area (Å²) in [6, 6.07) is 0. The molecule has 0 heterocycles. The maximum Gasteiger partial charge on any atom is 0.210 e. The lowest BCUT2D eigenvalue weighted by Crippen LogP contribution is -2.18. The normalized spacial score (nSPS) is 11.2. The van der Waals surface area contributed by atoms with Gasteiger partial charge in [0.05, 0.1) is 5.68 Å². The molecular weight excluding hydrogens is 123 g/mol. The van der Waals surface area contributed by atoms with E-state index >= 15 is 0 Å². The lowest BCUT2D eigenvalue weighted by molar-refractivity contribution is -0.112. The zero-order chi connectivity index (χ0) is 8.20. The van der Waals surface area contributed by atoms with Gasteiger partial charge in [0.15, 0.2) is 0 Å². The molecule has 0 fully saturated rings. The van der Waals surface area contributed by atoms with Gasteiger partial charge in [0, 0.05) is 0 Å². The summed E-state index contributed by atoms with van der Waals surface area (Å²) in [6.45, 7) is 8.34. The van der Waals surface area contributed by atoms with Crippen molar-refractivity contribution in [1.29, 1.82) is 0 Å². The van der Waals surface area contributed by atoms with Crippen molar-refractivity contribution in [2.75, 3.05) is 0 Å². The highest BCUT2D eigenvalue weighted by atomic mass is 16.1. The number of rotatable bonds is 3. The van der Waals surface area contributed by atoms with E-state index in [-0.39, 0.29) is 5.31 Å². The lowest BCUT2D eigenvalue weighted by Gasteiger charge is -2.14. The molecule has 0 bridgehead atoms. The van der Waals surface area contributed by atoms with Crippen molar-refractivity contribution in [2.45, 2.75) is 45.9 Å². The van der Waals surface area contributed by atoms with Crippen LogP contribution in [-0.2, 0) is 4.79 Å². The van der Waals surface area contributed by atoms with Gasteiger partial charge >= 0.3 is 0 Å². The van der Waals surface area contributed by atoms with Gasteiger partial charge in [-0.3, -0.25) is 0 Å². The highest BCUT2D eigenvalue weighted by Crippen LogP contribution is 2.20. The Morgan fingerprint density at radius 3 is 2.20 bits per heavy atom. The van der Waals surface area contributed by atoms with Crippen LogP contribution in [0.4, 0.5) is 0 Å². The first-order valence-corrected chi connectivity index (χ1v) is 3.97. The van der Waals surface area contributed by atoms with Crippen LogP contribution in [0, 0.1) is 0 Å². The van der Waals surface area contributed by atoms with E-state index in [0.29, 0.717) is 5.68 Å². The fourth-order valence-electron chi connectivity index (χ4n) is 0.959. The summed E-state index contributed by atoms with van der Waals surface area (Å²) >= 11 is 0. The molecule has 0 aromatic carbocycles. The van der Waals surface area contributed by atoms with E-state index in [2.05, 4.69) is 20.8 Å². The summed E-state index contributed by atoms with van der Waals surface area (Å²) in [5.41, 5.74) is 0.398. The summed E-state index contributed by atoms with van der Waals surface area (Å²) < 4.78 is 0. The highest BCUT2D eigenvalue weighted by molar-refractivity contribution is 6.76. The third kappa shape index (κ3) is 5.86. The maximum atomic E-state index is 11.1. The molecule has 0 rings (SSSR count). The molecule has 0 aromatic heterocycles. The largest absolute Gasteiger partial charge is 0.312 e. The summed E-state index contributed by atoms with van der Waals surface area (Å²) in [4.78, 5) is 11.1. The average molecular weight is 140 g/mol. The Hall–Kier alpha value is -0.265. The minimum Gasteiger partial charge on any atom is -0.312 e. The van der Waals surface area contributed by atoms with Crippen molar-refractivity contribution in [2.24, 2.45) is 0 Å². The first kappa shape index (κ1) is 9.73. The van der Waals surface area contributed by atoms with Gasteiger partial charge in [-0.1, -0.05) is 39.4 Å². The lowest BCUT2D eigenvalue weighted by atomic mass is 9.52. The van der Waals surface area contributed by atoms with E-state index in [1.807, 2.05) is 6.92 Å². The first-order valence-electron chi connectivity index (χ1n) is 3.97. The average Bonchev–Trinajstić information content (AvgIpc) is 1.59. The van der Waals surface area contributed by atoms with Crippen molar-refractivity contribution < 1.29 is 4.79 Å². The Bertz CT molecular complexity index is 113. The predicted molar refractivity (Wildman–Crippen MR) is 46.8 cm³/mol. The van der Waals surface area contributed by atoms with E-state index in [0.717, 1.165) is 20.1 Å².